The van der Waals surface area contributed by atoms with Gasteiger partial charge in [0.25, 0.3) is 5.69 Å². The van der Waals surface area contributed by atoms with E-state index >= 15 is 0 Å². The fourth-order valence-corrected chi connectivity index (χ4v) is 2.31. The second-order valence-electron chi connectivity index (χ2n) is 4.95. The minimum Gasteiger partial charge on any atom is -0.311 e. The number of nitro benzene ring substituents is 1. The van der Waals surface area contributed by atoms with Gasteiger partial charge in [-0.3, -0.25) is 10.1 Å². The Morgan fingerprint density at radius 3 is 2.75 bits per heavy atom. The van der Waals surface area contributed by atoms with Gasteiger partial charge < -0.3 is 10.2 Å². The minimum absolute atomic E-state index is 0.108. The third kappa shape index (κ3) is 5.19. The predicted octanol–water partition coefficient (Wildman–Crippen LogP) is 3.18. The molecule has 1 aromatic carbocycles. The van der Waals surface area contributed by atoms with Crippen LogP contribution in [0.1, 0.15) is 25.8 Å². The molecule has 20 heavy (non-hydrogen) atoms. The van der Waals surface area contributed by atoms with Crippen molar-refractivity contribution in [1.82, 2.24) is 10.2 Å². The molecular formula is C14H22BrN3O2. The highest BCUT2D eigenvalue weighted by molar-refractivity contribution is 9.10. The average molecular weight is 344 g/mol. The van der Waals surface area contributed by atoms with Gasteiger partial charge in [-0.1, -0.05) is 22.9 Å². The molecule has 1 unspecified atom stereocenters. The van der Waals surface area contributed by atoms with E-state index in [1.54, 1.807) is 12.1 Å². The van der Waals surface area contributed by atoms with E-state index in [-0.39, 0.29) is 10.6 Å². The molecule has 0 saturated carbocycles. The van der Waals surface area contributed by atoms with Crippen LogP contribution in [0.4, 0.5) is 5.69 Å². The van der Waals surface area contributed by atoms with Gasteiger partial charge in [-0.05, 0) is 32.0 Å². The maximum Gasteiger partial charge on any atom is 0.270 e. The van der Waals surface area contributed by atoms with Gasteiger partial charge in [0.2, 0.25) is 0 Å². The highest BCUT2D eigenvalue weighted by atomic mass is 79.9. The third-order valence-electron chi connectivity index (χ3n) is 3.55. The van der Waals surface area contributed by atoms with Crippen LogP contribution in [0.15, 0.2) is 22.7 Å². The molecule has 1 N–H and O–H groups in total. The summed E-state index contributed by atoms with van der Waals surface area (Å²) in [6, 6.07) is 5.45. The standard InChI is InChI=1S/C14H22BrN3O2/c1-4-11(2)17(3)8-7-16-10-12-5-6-13(18(19)20)9-14(12)15/h5-6,9,11,16H,4,7-8,10H2,1-3H3. The SMILES string of the molecule is CCC(C)N(C)CCNCc1ccc([N+](=O)[O-])cc1Br. The van der Waals surface area contributed by atoms with Crippen LogP contribution < -0.4 is 5.32 Å². The Balaban J connectivity index is 2.41. The molecule has 0 spiro atoms. The van der Waals surface area contributed by atoms with Crippen LogP contribution in [-0.4, -0.2) is 36.0 Å². The van der Waals surface area contributed by atoms with Crippen molar-refractivity contribution in [2.75, 3.05) is 20.1 Å². The van der Waals surface area contributed by atoms with Crippen molar-refractivity contribution >= 4 is 21.6 Å². The summed E-state index contributed by atoms with van der Waals surface area (Å²) in [6.07, 6.45) is 1.14. The molecule has 112 valence electrons. The number of rotatable bonds is 8. The van der Waals surface area contributed by atoms with Crippen molar-refractivity contribution in [2.24, 2.45) is 0 Å². The summed E-state index contributed by atoms with van der Waals surface area (Å²) in [5, 5.41) is 14.0. The number of halogens is 1. The van der Waals surface area contributed by atoms with Crippen molar-refractivity contribution < 1.29 is 4.92 Å². The quantitative estimate of drug-likeness (QED) is 0.447. The van der Waals surface area contributed by atoms with Gasteiger partial charge in [0.1, 0.15) is 0 Å². The van der Waals surface area contributed by atoms with Gasteiger partial charge in [0, 0.05) is 42.3 Å². The van der Waals surface area contributed by atoms with Gasteiger partial charge in [-0.2, -0.15) is 0 Å². The van der Waals surface area contributed by atoms with Crippen LogP contribution in [0.3, 0.4) is 0 Å². The molecule has 0 amide bonds. The molecule has 0 aliphatic rings. The first-order chi connectivity index (χ1) is 9.45. The summed E-state index contributed by atoms with van der Waals surface area (Å²) in [6.45, 7) is 6.98. The largest absolute Gasteiger partial charge is 0.311 e. The normalized spacial score (nSPS) is 12.7. The average Bonchev–Trinajstić information content (AvgIpc) is 2.43. The summed E-state index contributed by atoms with van der Waals surface area (Å²) in [4.78, 5) is 12.6. The van der Waals surface area contributed by atoms with Crippen LogP contribution in [0.5, 0.6) is 0 Å². The Kier molecular flexibility index (Phi) is 7.12. The molecule has 0 aliphatic carbocycles. The zero-order valence-electron chi connectivity index (χ0n) is 12.2. The van der Waals surface area contributed by atoms with E-state index in [0.29, 0.717) is 12.6 Å². The fourth-order valence-electron chi connectivity index (χ4n) is 1.80. The van der Waals surface area contributed by atoms with Crippen molar-refractivity contribution in [3.63, 3.8) is 0 Å². The monoisotopic (exact) mass is 343 g/mol. The van der Waals surface area contributed by atoms with Gasteiger partial charge >= 0.3 is 0 Å². The number of hydrogen-bond acceptors (Lipinski definition) is 4. The number of hydrogen-bond donors (Lipinski definition) is 1. The Hall–Kier alpha value is -0.980. The third-order valence-corrected chi connectivity index (χ3v) is 4.29. The molecule has 0 saturated heterocycles. The lowest BCUT2D eigenvalue weighted by molar-refractivity contribution is -0.384. The maximum absolute atomic E-state index is 10.7. The zero-order valence-corrected chi connectivity index (χ0v) is 13.8. The number of nitro groups is 1. The van der Waals surface area contributed by atoms with Gasteiger partial charge in [0.15, 0.2) is 0 Å². The second-order valence-corrected chi connectivity index (χ2v) is 5.80. The lowest BCUT2D eigenvalue weighted by atomic mass is 10.2. The highest BCUT2D eigenvalue weighted by Gasteiger charge is 2.09. The first kappa shape index (κ1) is 17.1. The highest BCUT2D eigenvalue weighted by Crippen LogP contribution is 2.22. The van der Waals surface area contributed by atoms with Crippen LogP contribution >= 0.6 is 15.9 Å². The Morgan fingerprint density at radius 2 is 2.20 bits per heavy atom. The molecule has 5 nitrogen and oxygen atoms in total. The zero-order chi connectivity index (χ0) is 15.1. The van der Waals surface area contributed by atoms with Gasteiger partial charge in [-0.25, -0.2) is 0 Å². The molecule has 0 bridgehead atoms. The number of nitrogens with zero attached hydrogens (tertiary/aromatic N) is 2. The Morgan fingerprint density at radius 1 is 1.50 bits per heavy atom. The molecule has 0 fully saturated rings. The lowest BCUT2D eigenvalue weighted by Crippen LogP contribution is -2.34. The van der Waals surface area contributed by atoms with E-state index in [1.807, 2.05) is 0 Å². The van der Waals surface area contributed by atoms with Gasteiger partial charge in [-0.15, -0.1) is 0 Å². The number of non-ortho nitro benzene ring substituents is 1. The minimum atomic E-state index is -0.386. The Labute approximate surface area is 128 Å². The molecular weight excluding hydrogens is 322 g/mol. The number of nitrogens with one attached hydrogen (secondary N) is 1. The summed E-state index contributed by atoms with van der Waals surface area (Å²) >= 11 is 3.38. The Bertz CT molecular complexity index is 454. The lowest BCUT2D eigenvalue weighted by Gasteiger charge is -2.23. The second kappa shape index (κ2) is 8.34. The number of likely N-dealkylation sites (N-methyl/N-ethyl adjacent to an activating group) is 1. The topological polar surface area (TPSA) is 58.4 Å². The molecule has 0 aromatic heterocycles. The fraction of sp³-hybridized carbons (Fsp3) is 0.571. The molecule has 0 radical (unpaired) electrons. The van der Waals surface area contributed by atoms with Crippen LogP contribution in [0.2, 0.25) is 0 Å². The van der Waals surface area contributed by atoms with E-state index in [1.165, 1.54) is 6.07 Å². The van der Waals surface area contributed by atoms with Gasteiger partial charge in [0.05, 0.1) is 4.92 Å². The van der Waals surface area contributed by atoms with Crippen molar-refractivity contribution in [2.45, 2.75) is 32.9 Å². The molecule has 0 heterocycles. The summed E-state index contributed by atoms with van der Waals surface area (Å²) in [5.41, 5.74) is 1.14. The molecule has 1 atom stereocenters. The van der Waals surface area contributed by atoms with E-state index in [9.17, 15) is 10.1 Å². The van der Waals surface area contributed by atoms with E-state index in [2.05, 4.69) is 47.0 Å². The van der Waals surface area contributed by atoms with Crippen LogP contribution in [0, 0.1) is 10.1 Å². The first-order valence-electron chi connectivity index (χ1n) is 6.79. The smallest absolute Gasteiger partial charge is 0.270 e. The van der Waals surface area contributed by atoms with E-state index in [0.717, 1.165) is 29.5 Å². The molecule has 6 heteroatoms. The van der Waals surface area contributed by atoms with E-state index < -0.39 is 0 Å². The molecule has 1 rings (SSSR count). The summed E-state index contributed by atoms with van der Waals surface area (Å²) in [5.74, 6) is 0. The molecule has 0 aliphatic heterocycles. The van der Waals surface area contributed by atoms with Crippen molar-refractivity contribution in [1.29, 1.82) is 0 Å². The molecule has 1 aromatic rings. The van der Waals surface area contributed by atoms with Crippen molar-refractivity contribution in [3.8, 4) is 0 Å². The summed E-state index contributed by atoms with van der Waals surface area (Å²) < 4.78 is 0.773. The van der Waals surface area contributed by atoms with Crippen LogP contribution in [0.25, 0.3) is 0 Å². The maximum atomic E-state index is 10.7. The summed E-state index contributed by atoms with van der Waals surface area (Å²) in [7, 11) is 2.12. The van der Waals surface area contributed by atoms with Crippen molar-refractivity contribution in [3.05, 3.63) is 38.3 Å². The predicted molar refractivity (Wildman–Crippen MR) is 84.9 cm³/mol. The first-order valence-corrected chi connectivity index (χ1v) is 7.58. The van der Waals surface area contributed by atoms with Crippen LogP contribution in [-0.2, 0) is 6.54 Å². The number of benzene rings is 1. The van der Waals surface area contributed by atoms with E-state index in [4.69, 9.17) is 0 Å².